The predicted molar refractivity (Wildman–Crippen MR) is 231 cm³/mol. The molecule has 0 saturated carbocycles. The van der Waals surface area contributed by atoms with Gasteiger partial charge in [0.2, 0.25) is 0 Å². The van der Waals surface area contributed by atoms with E-state index in [-0.39, 0.29) is 51.5 Å². The van der Waals surface area contributed by atoms with Gasteiger partial charge in [-0.15, -0.1) is 23.2 Å². The number of sulfone groups is 2. The number of halogens is 2. The normalized spacial score (nSPS) is 12.3. The quantitative estimate of drug-likeness (QED) is 0.0435. The minimum Gasteiger partial charge on any atom is -0.507 e. The Labute approximate surface area is 366 Å². The van der Waals surface area contributed by atoms with Crippen LogP contribution in [0.2, 0.25) is 0 Å². The molecule has 0 fully saturated rings. The fraction of sp³-hybridized carbons (Fsp3) is 0.167. The molecule has 2 amide bonds. The SMILES string of the molecule is Nc1c(S(=O)(=O)O)cc(NC(=O)c2ccc(CS(=O)(=O)CCCl)cc2)cc1S(=O)(=O)O.O=C(Nc1ccc2cc(S(=O)(=O)O)cc(O)c2c1)c1ccc(CS(=O)(=O)CCCl)cc1. The lowest BCUT2D eigenvalue weighted by atomic mass is 10.1. The summed E-state index contributed by atoms with van der Waals surface area (Å²) in [6, 6.07) is 19.5. The smallest absolute Gasteiger partial charge is 0.296 e. The van der Waals surface area contributed by atoms with Gasteiger partial charge in [0, 0.05) is 45.7 Å². The van der Waals surface area contributed by atoms with Crippen molar-refractivity contribution in [2.24, 2.45) is 0 Å². The number of carbonyl (C=O) groups is 2. The number of phenolic OH excluding ortho intramolecular Hbond substituents is 1. The van der Waals surface area contributed by atoms with Crippen LogP contribution in [0.1, 0.15) is 31.8 Å². The minimum atomic E-state index is -4.99. The zero-order chi connectivity index (χ0) is 46.4. The van der Waals surface area contributed by atoms with Crippen molar-refractivity contribution in [2.75, 3.05) is 39.6 Å². The van der Waals surface area contributed by atoms with Crippen LogP contribution in [0, 0.1) is 0 Å². The van der Waals surface area contributed by atoms with Crippen LogP contribution in [0.4, 0.5) is 17.1 Å². The maximum atomic E-state index is 12.5. The molecule has 5 aromatic rings. The Morgan fingerprint density at radius 1 is 0.548 bits per heavy atom. The molecule has 5 rings (SSSR count). The molecule has 0 aromatic heterocycles. The number of benzene rings is 5. The van der Waals surface area contributed by atoms with Crippen LogP contribution in [0.3, 0.4) is 0 Å². The molecule has 0 unspecified atom stereocenters. The van der Waals surface area contributed by atoms with Gasteiger partial charge in [-0.05, 0) is 71.1 Å². The van der Waals surface area contributed by atoms with Crippen LogP contribution in [-0.4, -0.2) is 95.9 Å². The number of nitrogen functional groups attached to an aromatic ring is 1. The standard InChI is InChI=1S/C20H18ClNO7S2.C16H17ClN2O9S3/c21-7-8-30(25,26)12-13-1-3-14(4-2-13)20(24)22-16-6-5-15-9-17(31(27,28)29)11-19(23)18(15)10-16;17-5-6-29(21,22)9-10-1-3-11(4-2-10)16(20)19-12-7-13(30(23,24)25)15(18)14(8-12)31(26,27)28/h1-6,9-11,23H,7-8,12H2,(H,22,24)(H,27,28,29);1-4,7-8H,5-6,9,18H2,(H,19,20)(H,23,24,25)(H,26,27,28). The number of phenols is 1. The summed E-state index contributed by atoms with van der Waals surface area (Å²) in [4.78, 5) is 22.4. The summed E-state index contributed by atoms with van der Waals surface area (Å²) in [6.45, 7) is 0. The molecule has 62 heavy (non-hydrogen) atoms. The topological polar surface area (TPSA) is 336 Å². The fourth-order valence-electron chi connectivity index (χ4n) is 5.44. The van der Waals surface area contributed by atoms with Crippen molar-refractivity contribution < 1.29 is 70.4 Å². The maximum absolute atomic E-state index is 12.5. The second kappa shape index (κ2) is 19.7. The zero-order valence-electron chi connectivity index (χ0n) is 31.5. The molecule has 0 heterocycles. The van der Waals surface area contributed by atoms with Crippen molar-refractivity contribution in [3.8, 4) is 5.75 Å². The van der Waals surface area contributed by atoms with Crippen molar-refractivity contribution >= 4 is 113 Å². The van der Waals surface area contributed by atoms with E-state index >= 15 is 0 Å². The van der Waals surface area contributed by atoms with Gasteiger partial charge < -0.3 is 21.5 Å². The number of hydrogen-bond donors (Lipinski definition) is 7. The Morgan fingerprint density at radius 2 is 0.968 bits per heavy atom. The van der Waals surface area contributed by atoms with E-state index in [1.54, 1.807) is 12.1 Å². The van der Waals surface area contributed by atoms with E-state index in [1.807, 2.05) is 0 Å². The first-order valence-corrected chi connectivity index (χ1v) is 26.1. The molecule has 5 aromatic carbocycles. The summed E-state index contributed by atoms with van der Waals surface area (Å²) >= 11 is 10.9. The lowest BCUT2D eigenvalue weighted by molar-refractivity contribution is 0.101. The van der Waals surface area contributed by atoms with Gasteiger partial charge in [-0.25, -0.2) is 16.8 Å². The van der Waals surface area contributed by atoms with Gasteiger partial charge in [0.15, 0.2) is 19.7 Å². The van der Waals surface area contributed by atoms with E-state index < -0.39 is 87.9 Å². The summed E-state index contributed by atoms with van der Waals surface area (Å²) in [5, 5.41) is 15.6. The number of rotatable bonds is 15. The number of nitrogens with one attached hydrogen (secondary N) is 2. The lowest BCUT2D eigenvalue weighted by Gasteiger charge is -2.12. The summed E-state index contributed by atoms with van der Waals surface area (Å²) in [5.41, 5.74) is 5.69. The van der Waals surface area contributed by atoms with Gasteiger partial charge in [-0.3, -0.25) is 23.2 Å². The van der Waals surface area contributed by atoms with E-state index in [9.17, 15) is 65.9 Å². The van der Waals surface area contributed by atoms with Crippen LogP contribution in [0.25, 0.3) is 10.8 Å². The molecule has 0 atom stereocenters. The molecule has 0 bridgehead atoms. The fourth-order valence-corrected chi connectivity index (χ4v) is 10.9. The number of fused-ring (bicyclic) bond motifs is 1. The first-order valence-electron chi connectivity index (χ1n) is 17.1. The first kappa shape index (κ1) is 49.8. The van der Waals surface area contributed by atoms with Crippen LogP contribution < -0.4 is 16.4 Å². The monoisotopic (exact) mass is 995 g/mol. The maximum Gasteiger partial charge on any atom is 0.296 e. The second-order valence-corrected chi connectivity index (χ2v) is 22.4. The minimum absolute atomic E-state index is 0.0151. The summed E-state index contributed by atoms with van der Waals surface area (Å²) < 4.78 is 143. The van der Waals surface area contributed by atoms with Crippen molar-refractivity contribution in [1.29, 1.82) is 0 Å². The van der Waals surface area contributed by atoms with Crippen molar-refractivity contribution in [2.45, 2.75) is 26.2 Å². The van der Waals surface area contributed by atoms with Gasteiger partial charge >= 0.3 is 0 Å². The molecule has 0 saturated heterocycles. The molecule has 0 aliphatic rings. The summed E-state index contributed by atoms with van der Waals surface area (Å²) in [7, 11) is -21.2. The third-order valence-electron chi connectivity index (χ3n) is 8.36. The first-order chi connectivity index (χ1) is 28.6. The van der Waals surface area contributed by atoms with Gasteiger partial charge in [0.05, 0.1) is 33.6 Å². The third kappa shape index (κ3) is 13.8. The number of carbonyl (C=O) groups excluding carboxylic acids is 2. The van der Waals surface area contributed by atoms with Gasteiger partial charge in [-0.2, -0.15) is 25.3 Å². The molecule has 26 heteroatoms. The highest BCUT2D eigenvalue weighted by atomic mass is 35.5. The van der Waals surface area contributed by atoms with E-state index in [0.29, 0.717) is 39.9 Å². The van der Waals surface area contributed by atoms with Crippen LogP contribution in [0.5, 0.6) is 5.75 Å². The van der Waals surface area contributed by atoms with Crippen molar-refractivity contribution in [3.63, 3.8) is 0 Å². The number of anilines is 3. The number of amides is 2. The average molecular weight is 997 g/mol. The Kier molecular flexibility index (Phi) is 15.8. The van der Waals surface area contributed by atoms with Crippen LogP contribution in [-0.2, 0) is 61.5 Å². The van der Waals surface area contributed by atoms with Gasteiger partial charge in [0.1, 0.15) is 15.5 Å². The highest BCUT2D eigenvalue weighted by molar-refractivity contribution is 7.91. The molecule has 0 aliphatic carbocycles. The third-order valence-corrected chi connectivity index (χ3v) is 15.0. The number of nitrogens with two attached hydrogens (primary N) is 1. The molecule has 8 N–H and O–H groups in total. The van der Waals surface area contributed by atoms with E-state index in [0.717, 1.165) is 6.07 Å². The second-order valence-electron chi connectivity index (χ2n) is 13.1. The molecule has 19 nitrogen and oxygen atoms in total. The van der Waals surface area contributed by atoms with Crippen LogP contribution >= 0.6 is 23.2 Å². The highest BCUT2D eigenvalue weighted by Crippen LogP contribution is 2.32. The Morgan fingerprint density at radius 3 is 1.35 bits per heavy atom. The number of alkyl halides is 2. The van der Waals surface area contributed by atoms with Crippen LogP contribution in [0.15, 0.2) is 106 Å². The molecular weight excluding hydrogens is 962 g/mol. The van der Waals surface area contributed by atoms with E-state index in [4.69, 9.17) is 33.5 Å². The Hall–Kier alpha value is -4.89. The molecule has 0 aliphatic heterocycles. The number of aromatic hydroxyl groups is 1. The lowest BCUT2D eigenvalue weighted by Crippen LogP contribution is -2.15. The van der Waals surface area contributed by atoms with Crippen molar-refractivity contribution in [3.05, 3.63) is 113 Å². The Balaban J connectivity index is 0.000000273. The largest absolute Gasteiger partial charge is 0.507 e. The molecule has 0 radical (unpaired) electrons. The summed E-state index contributed by atoms with van der Waals surface area (Å²) in [5.74, 6) is -2.47. The van der Waals surface area contributed by atoms with E-state index in [2.05, 4.69) is 10.6 Å². The zero-order valence-corrected chi connectivity index (χ0v) is 37.1. The molecular formula is C36H35Cl2N3O16S5. The predicted octanol–water partition coefficient (Wildman–Crippen LogP) is 4.37. The van der Waals surface area contributed by atoms with E-state index in [1.165, 1.54) is 60.7 Å². The Bertz CT molecular complexity index is 3040. The van der Waals surface area contributed by atoms with Gasteiger partial charge in [-0.1, -0.05) is 30.3 Å². The van der Waals surface area contributed by atoms with Crippen molar-refractivity contribution in [1.82, 2.24) is 0 Å². The molecule has 334 valence electrons. The average Bonchev–Trinajstić information content (AvgIpc) is 3.14. The summed E-state index contributed by atoms with van der Waals surface area (Å²) in [6.07, 6.45) is 0. The van der Waals surface area contributed by atoms with Gasteiger partial charge in [0.25, 0.3) is 42.2 Å². The molecule has 0 spiro atoms. The number of hydrogen-bond acceptors (Lipinski definition) is 14. The highest BCUT2D eigenvalue weighted by Gasteiger charge is 2.25.